The Morgan fingerprint density at radius 1 is 1.03 bits per heavy atom. The van der Waals surface area contributed by atoms with Crippen molar-refractivity contribution in [3.05, 3.63) is 75.3 Å². The highest BCUT2D eigenvalue weighted by molar-refractivity contribution is 6.46. The number of rotatable bonds is 4. The summed E-state index contributed by atoms with van der Waals surface area (Å²) in [6, 6.07) is 12.7. The molecule has 29 heavy (non-hydrogen) atoms. The van der Waals surface area contributed by atoms with E-state index in [9.17, 15) is 14.7 Å². The number of halogens is 2. The average molecular weight is 432 g/mol. The topological polar surface area (TPSA) is 66.8 Å². The molecule has 0 aliphatic carbocycles. The number of aliphatic hydroxyl groups excluding tert-OH is 1. The second-order valence-electron chi connectivity index (χ2n) is 7.14. The third-order valence-electron chi connectivity index (χ3n) is 5.27. The van der Waals surface area contributed by atoms with Crippen LogP contribution in [0.25, 0.3) is 5.76 Å². The molecule has 1 amide bonds. The fourth-order valence-corrected chi connectivity index (χ4v) is 4.08. The number of ether oxygens (including phenoxy) is 1. The summed E-state index contributed by atoms with van der Waals surface area (Å²) in [4.78, 5) is 27.3. The van der Waals surface area contributed by atoms with Crippen LogP contribution in [0.15, 0.2) is 54.1 Å². The highest BCUT2D eigenvalue weighted by atomic mass is 35.5. The molecule has 2 aliphatic heterocycles. The van der Waals surface area contributed by atoms with Crippen molar-refractivity contribution in [1.82, 2.24) is 4.90 Å². The molecule has 2 fully saturated rings. The Balaban J connectivity index is 1.81. The molecule has 4 rings (SSSR count). The first-order valence-electron chi connectivity index (χ1n) is 9.37. The number of benzene rings is 2. The molecule has 0 bridgehead atoms. The third kappa shape index (κ3) is 3.90. The number of hydrogen-bond donors (Lipinski definition) is 1. The van der Waals surface area contributed by atoms with Crippen LogP contribution in [0, 0.1) is 0 Å². The van der Waals surface area contributed by atoms with E-state index >= 15 is 0 Å². The van der Waals surface area contributed by atoms with Gasteiger partial charge in [-0.1, -0.05) is 35.3 Å². The summed E-state index contributed by atoms with van der Waals surface area (Å²) in [5, 5.41) is 12.0. The second kappa shape index (κ2) is 8.19. The lowest BCUT2D eigenvalue weighted by Crippen LogP contribution is -2.36. The number of carbonyl (C=O) groups excluding carboxylic acids is 2. The quantitative estimate of drug-likeness (QED) is 0.436. The molecule has 2 aromatic rings. The van der Waals surface area contributed by atoms with Crippen LogP contribution in [0.1, 0.15) is 30.0 Å². The molecule has 0 spiro atoms. The largest absolute Gasteiger partial charge is 0.507 e. The number of nitrogens with zero attached hydrogens (tertiary/aromatic N) is 1. The molecule has 0 radical (unpaired) electrons. The second-order valence-corrected chi connectivity index (χ2v) is 8.02. The standard InChI is InChI=1S/C22H19Cl2NO4/c23-15-7-3-13(4-8-15)19-18(20(26)14-5-9-16(24)10-6-14)21(27)22(28)25(19)12-17-2-1-11-29-17/h3-10,17,19,26H,1-2,11-12H2/t17-,19-/m0/s1. The van der Waals surface area contributed by atoms with Crippen molar-refractivity contribution in [1.29, 1.82) is 0 Å². The maximum absolute atomic E-state index is 12.9. The first-order chi connectivity index (χ1) is 14.0. The molecule has 2 heterocycles. The van der Waals surface area contributed by atoms with Gasteiger partial charge in [0.05, 0.1) is 17.7 Å². The van der Waals surface area contributed by atoms with E-state index in [1.165, 1.54) is 4.90 Å². The van der Waals surface area contributed by atoms with E-state index in [0.29, 0.717) is 27.8 Å². The van der Waals surface area contributed by atoms with Gasteiger partial charge in [-0.2, -0.15) is 0 Å². The first-order valence-corrected chi connectivity index (χ1v) is 10.1. The van der Waals surface area contributed by atoms with Gasteiger partial charge in [0.1, 0.15) is 5.76 Å². The van der Waals surface area contributed by atoms with E-state index in [4.69, 9.17) is 27.9 Å². The Bertz CT molecular complexity index is 963. The first kappa shape index (κ1) is 20.0. The number of aliphatic hydroxyl groups is 1. The van der Waals surface area contributed by atoms with Gasteiger partial charge in [0.2, 0.25) is 0 Å². The van der Waals surface area contributed by atoms with Crippen LogP contribution < -0.4 is 0 Å². The van der Waals surface area contributed by atoms with Gasteiger partial charge < -0.3 is 14.7 Å². The minimum Gasteiger partial charge on any atom is -0.507 e. The summed E-state index contributed by atoms with van der Waals surface area (Å²) < 4.78 is 5.68. The van der Waals surface area contributed by atoms with Crippen molar-refractivity contribution in [2.24, 2.45) is 0 Å². The minimum absolute atomic E-state index is 0.0534. The van der Waals surface area contributed by atoms with Crippen molar-refractivity contribution in [3.63, 3.8) is 0 Å². The van der Waals surface area contributed by atoms with Crippen molar-refractivity contribution in [2.75, 3.05) is 13.2 Å². The van der Waals surface area contributed by atoms with Gasteiger partial charge in [0.15, 0.2) is 0 Å². The van der Waals surface area contributed by atoms with Gasteiger partial charge in [-0.15, -0.1) is 0 Å². The Kier molecular flexibility index (Phi) is 5.63. The summed E-state index contributed by atoms with van der Waals surface area (Å²) in [7, 11) is 0. The Labute approximate surface area is 178 Å². The Morgan fingerprint density at radius 3 is 2.24 bits per heavy atom. The highest BCUT2D eigenvalue weighted by Crippen LogP contribution is 2.40. The molecular formula is C22H19Cl2NO4. The van der Waals surface area contributed by atoms with E-state index in [0.717, 1.165) is 12.8 Å². The molecule has 0 saturated carbocycles. The normalized spacial score (nSPS) is 23.7. The number of Topliss-reactive ketones (excluding diaryl/α,β-unsaturated/α-hetero) is 1. The Hall–Kier alpha value is -2.34. The van der Waals surface area contributed by atoms with Crippen LogP contribution in [-0.4, -0.2) is 41.0 Å². The van der Waals surface area contributed by atoms with E-state index in [1.807, 2.05) is 0 Å². The van der Waals surface area contributed by atoms with E-state index < -0.39 is 17.7 Å². The monoisotopic (exact) mass is 431 g/mol. The summed E-state index contributed by atoms with van der Waals surface area (Å²) in [5.74, 6) is -1.58. The van der Waals surface area contributed by atoms with Gasteiger partial charge in [-0.3, -0.25) is 9.59 Å². The number of hydrogen-bond acceptors (Lipinski definition) is 4. The lowest BCUT2D eigenvalue weighted by molar-refractivity contribution is -0.140. The minimum atomic E-state index is -0.716. The van der Waals surface area contributed by atoms with Crippen LogP contribution in [0.3, 0.4) is 0 Å². The molecule has 150 valence electrons. The summed E-state index contributed by atoms with van der Waals surface area (Å²) in [6.45, 7) is 0.931. The number of carbonyl (C=O) groups is 2. The maximum Gasteiger partial charge on any atom is 0.295 e. The van der Waals surface area contributed by atoms with Crippen LogP contribution in [0.5, 0.6) is 0 Å². The Morgan fingerprint density at radius 2 is 1.66 bits per heavy atom. The van der Waals surface area contributed by atoms with Crippen molar-refractivity contribution in [2.45, 2.75) is 25.0 Å². The molecule has 2 aliphatic rings. The van der Waals surface area contributed by atoms with Gasteiger partial charge in [0, 0.05) is 28.8 Å². The zero-order valence-electron chi connectivity index (χ0n) is 15.5. The SMILES string of the molecule is O=C1C(=O)N(C[C@@H]2CCCO2)[C@@H](c2ccc(Cl)cc2)C1=C(O)c1ccc(Cl)cc1. The van der Waals surface area contributed by atoms with E-state index in [-0.39, 0.29) is 24.0 Å². The van der Waals surface area contributed by atoms with Gasteiger partial charge in [-0.05, 0) is 54.8 Å². The molecule has 0 aromatic heterocycles. The highest BCUT2D eigenvalue weighted by Gasteiger charge is 2.47. The fraction of sp³-hybridized carbons (Fsp3) is 0.273. The lowest BCUT2D eigenvalue weighted by Gasteiger charge is -2.27. The molecule has 0 unspecified atom stereocenters. The van der Waals surface area contributed by atoms with E-state index in [1.54, 1.807) is 48.5 Å². The van der Waals surface area contributed by atoms with Crippen LogP contribution in [-0.2, 0) is 14.3 Å². The van der Waals surface area contributed by atoms with Crippen LogP contribution in [0.2, 0.25) is 10.0 Å². The van der Waals surface area contributed by atoms with E-state index in [2.05, 4.69) is 0 Å². The molecule has 1 N–H and O–H groups in total. The van der Waals surface area contributed by atoms with Gasteiger partial charge in [0.25, 0.3) is 11.7 Å². The van der Waals surface area contributed by atoms with Gasteiger partial charge >= 0.3 is 0 Å². The smallest absolute Gasteiger partial charge is 0.295 e. The fourth-order valence-electron chi connectivity index (χ4n) is 3.83. The zero-order valence-corrected chi connectivity index (χ0v) is 17.0. The van der Waals surface area contributed by atoms with Crippen molar-refractivity contribution in [3.8, 4) is 0 Å². The lowest BCUT2D eigenvalue weighted by atomic mass is 9.95. The summed E-state index contributed by atoms with van der Waals surface area (Å²) in [6.07, 6.45) is 1.62. The van der Waals surface area contributed by atoms with Gasteiger partial charge in [-0.25, -0.2) is 0 Å². The summed E-state index contributed by atoms with van der Waals surface area (Å²) >= 11 is 11.9. The zero-order chi connectivity index (χ0) is 20.5. The number of likely N-dealkylation sites (tertiary alicyclic amines) is 1. The molecule has 2 aromatic carbocycles. The maximum atomic E-state index is 12.9. The predicted octanol–water partition coefficient (Wildman–Crippen LogP) is 4.59. The average Bonchev–Trinajstić information content (AvgIpc) is 3.31. The summed E-state index contributed by atoms with van der Waals surface area (Å²) in [5.41, 5.74) is 1.17. The van der Waals surface area contributed by atoms with Crippen LogP contribution >= 0.6 is 23.2 Å². The molecule has 7 heteroatoms. The van der Waals surface area contributed by atoms with Crippen LogP contribution in [0.4, 0.5) is 0 Å². The van der Waals surface area contributed by atoms with Crippen molar-refractivity contribution >= 4 is 40.7 Å². The molecule has 2 atom stereocenters. The van der Waals surface area contributed by atoms with Crippen molar-refractivity contribution < 1.29 is 19.4 Å². The third-order valence-corrected chi connectivity index (χ3v) is 5.77. The molecule has 2 saturated heterocycles. The molecule has 5 nitrogen and oxygen atoms in total. The number of amides is 1. The predicted molar refractivity (Wildman–Crippen MR) is 111 cm³/mol. The molecular weight excluding hydrogens is 413 g/mol. The number of ketones is 1.